The molecule has 0 saturated carbocycles. The van der Waals surface area contributed by atoms with Crippen molar-refractivity contribution in [3.8, 4) is 5.75 Å². The monoisotopic (exact) mass is 619 g/mol. The molecule has 0 atom stereocenters. The first kappa shape index (κ1) is 21.2. The van der Waals surface area contributed by atoms with Gasteiger partial charge in [0, 0.05) is 12.1 Å². The van der Waals surface area contributed by atoms with Crippen molar-refractivity contribution in [2.75, 3.05) is 0 Å². The highest BCUT2D eigenvalue weighted by molar-refractivity contribution is 14.1. The molecule has 0 radical (unpaired) electrons. The van der Waals surface area contributed by atoms with Crippen LogP contribution in [0.25, 0.3) is 6.08 Å². The van der Waals surface area contributed by atoms with E-state index in [-0.39, 0.29) is 17.9 Å². The van der Waals surface area contributed by atoms with Gasteiger partial charge in [0.15, 0.2) is 0 Å². The second kappa shape index (κ2) is 8.86. The molecule has 0 spiro atoms. The second-order valence-electron chi connectivity index (χ2n) is 5.82. The molecule has 9 nitrogen and oxygen atoms in total. The number of nitro benzene ring substituents is 1. The van der Waals surface area contributed by atoms with E-state index in [0.717, 1.165) is 12.7 Å². The highest BCUT2D eigenvalue weighted by Crippen LogP contribution is 2.30. The van der Waals surface area contributed by atoms with Gasteiger partial charge in [0.2, 0.25) is 0 Å². The standard InChI is InChI=1S/C18H11I2N3O6/c19-13-6-10(5-12-16(24)21-18(26)22-17(12)25)7-14(20)15(13)29-8-9-1-3-11(4-2-9)23(27)28/h1-7H,8H2,(H2,21,22,24,25,26). The van der Waals surface area contributed by atoms with Crippen molar-refractivity contribution in [3.05, 3.63) is 70.4 Å². The van der Waals surface area contributed by atoms with Crippen molar-refractivity contribution in [1.82, 2.24) is 10.6 Å². The number of benzene rings is 2. The summed E-state index contributed by atoms with van der Waals surface area (Å²) in [5, 5.41) is 14.8. The van der Waals surface area contributed by atoms with Crippen LogP contribution in [0.1, 0.15) is 11.1 Å². The molecule has 1 aliphatic rings. The summed E-state index contributed by atoms with van der Waals surface area (Å²) in [6, 6.07) is 8.69. The first-order valence-electron chi connectivity index (χ1n) is 7.98. The Bertz CT molecular complexity index is 1020. The van der Waals surface area contributed by atoms with Crippen LogP contribution in [0.2, 0.25) is 0 Å². The topological polar surface area (TPSA) is 128 Å². The fourth-order valence-electron chi connectivity index (χ4n) is 2.44. The summed E-state index contributed by atoms with van der Waals surface area (Å²) < 4.78 is 7.34. The molecule has 0 bridgehead atoms. The number of non-ortho nitro benzene ring substituents is 1. The SMILES string of the molecule is O=C1NC(=O)C(=Cc2cc(I)c(OCc3ccc([N+](=O)[O-])cc3)c(I)c2)C(=O)N1. The second-order valence-corrected chi connectivity index (χ2v) is 8.15. The first-order valence-corrected chi connectivity index (χ1v) is 10.1. The predicted octanol–water partition coefficient (Wildman–Crippen LogP) is 3.13. The Kier molecular flexibility index (Phi) is 6.46. The average molecular weight is 619 g/mol. The fraction of sp³-hybridized carbons (Fsp3) is 0.0556. The lowest BCUT2D eigenvalue weighted by Crippen LogP contribution is -2.51. The Morgan fingerprint density at radius 1 is 1.00 bits per heavy atom. The van der Waals surface area contributed by atoms with Crippen molar-refractivity contribution < 1.29 is 24.0 Å². The molecular weight excluding hydrogens is 608 g/mol. The molecule has 3 rings (SSSR count). The molecule has 0 aliphatic carbocycles. The number of carbonyl (C=O) groups is 3. The van der Waals surface area contributed by atoms with E-state index < -0.39 is 22.8 Å². The van der Waals surface area contributed by atoms with Crippen LogP contribution in [-0.4, -0.2) is 22.8 Å². The molecule has 1 saturated heterocycles. The summed E-state index contributed by atoms with van der Waals surface area (Å²) >= 11 is 4.15. The lowest BCUT2D eigenvalue weighted by atomic mass is 10.1. The van der Waals surface area contributed by atoms with Gasteiger partial charge in [-0.1, -0.05) is 0 Å². The van der Waals surface area contributed by atoms with E-state index in [1.165, 1.54) is 18.2 Å². The highest BCUT2D eigenvalue weighted by atomic mass is 127. The summed E-state index contributed by atoms with van der Waals surface area (Å²) in [5.74, 6) is -0.913. The van der Waals surface area contributed by atoms with Crippen LogP contribution < -0.4 is 15.4 Å². The Morgan fingerprint density at radius 3 is 2.07 bits per heavy atom. The maximum absolute atomic E-state index is 11.9. The van der Waals surface area contributed by atoms with Crippen molar-refractivity contribution in [2.45, 2.75) is 6.61 Å². The third-order valence-electron chi connectivity index (χ3n) is 3.81. The zero-order valence-corrected chi connectivity index (χ0v) is 18.7. The summed E-state index contributed by atoms with van der Waals surface area (Å²) in [7, 11) is 0. The highest BCUT2D eigenvalue weighted by Gasteiger charge is 2.27. The van der Waals surface area contributed by atoms with Crippen LogP contribution >= 0.6 is 45.2 Å². The Balaban J connectivity index is 1.78. The maximum Gasteiger partial charge on any atom is 0.328 e. The Morgan fingerprint density at radius 2 is 1.55 bits per heavy atom. The van der Waals surface area contributed by atoms with E-state index in [1.54, 1.807) is 24.3 Å². The number of ether oxygens (including phenoxy) is 1. The molecule has 1 heterocycles. The number of imide groups is 2. The number of urea groups is 1. The van der Waals surface area contributed by atoms with Gasteiger partial charge in [0.1, 0.15) is 17.9 Å². The van der Waals surface area contributed by atoms with Gasteiger partial charge in [-0.25, -0.2) is 4.79 Å². The number of nitro groups is 1. The summed E-state index contributed by atoms with van der Waals surface area (Å²) in [6.45, 7) is 0.220. The zero-order chi connectivity index (χ0) is 21.1. The molecule has 0 aromatic heterocycles. The van der Waals surface area contributed by atoms with Gasteiger partial charge in [-0.2, -0.15) is 0 Å². The maximum atomic E-state index is 11.9. The number of rotatable bonds is 5. The van der Waals surface area contributed by atoms with Crippen LogP contribution in [0.15, 0.2) is 42.0 Å². The molecule has 29 heavy (non-hydrogen) atoms. The lowest BCUT2D eigenvalue weighted by Gasteiger charge is -2.15. The lowest BCUT2D eigenvalue weighted by molar-refractivity contribution is -0.384. The zero-order valence-electron chi connectivity index (χ0n) is 14.4. The van der Waals surface area contributed by atoms with Gasteiger partial charge in [-0.3, -0.25) is 30.3 Å². The van der Waals surface area contributed by atoms with Gasteiger partial charge in [-0.15, -0.1) is 0 Å². The van der Waals surface area contributed by atoms with Gasteiger partial charge >= 0.3 is 6.03 Å². The van der Waals surface area contributed by atoms with Crippen molar-refractivity contribution in [1.29, 1.82) is 0 Å². The molecule has 1 fully saturated rings. The summed E-state index contributed by atoms with van der Waals surface area (Å²) in [6.07, 6.45) is 1.39. The molecule has 2 N–H and O–H groups in total. The van der Waals surface area contributed by atoms with E-state index in [1.807, 2.05) is 10.6 Å². The van der Waals surface area contributed by atoms with Gasteiger partial charge in [0.25, 0.3) is 17.5 Å². The number of hydrogen-bond acceptors (Lipinski definition) is 6. The molecule has 2 aromatic carbocycles. The van der Waals surface area contributed by atoms with Gasteiger partial charge in [-0.05, 0) is 86.7 Å². The molecule has 11 heteroatoms. The van der Waals surface area contributed by atoms with E-state index >= 15 is 0 Å². The van der Waals surface area contributed by atoms with Crippen LogP contribution in [0.5, 0.6) is 5.75 Å². The normalized spacial score (nSPS) is 13.6. The minimum atomic E-state index is -0.851. The van der Waals surface area contributed by atoms with Crippen molar-refractivity contribution >= 4 is 74.8 Å². The smallest absolute Gasteiger partial charge is 0.328 e. The largest absolute Gasteiger partial charge is 0.487 e. The van der Waals surface area contributed by atoms with Gasteiger partial charge in [0.05, 0.1) is 12.1 Å². The van der Waals surface area contributed by atoms with Crippen molar-refractivity contribution in [2.24, 2.45) is 0 Å². The first-order chi connectivity index (χ1) is 13.7. The molecule has 148 valence electrons. The molecule has 0 unspecified atom stereocenters. The number of amides is 4. The average Bonchev–Trinajstić information content (AvgIpc) is 2.64. The number of barbiturate groups is 1. The fourth-order valence-corrected chi connectivity index (χ4v) is 4.57. The molecule has 2 aromatic rings. The minimum absolute atomic E-state index is 0.00721. The Hall–Kier alpha value is -2.55. The van der Waals surface area contributed by atoms with Crippen LogP contribution in [0.4, 0.5) is 10.5 Å². The molecular formula is C18H11I2N3O6. The number of carbonyl (C=O) groups excluding carboxylic acids is 3. The third kappa shape index (κ3) is 5.09. The van der Waals surface area contributed by atoms with E-state index in [9.17, 15) is 24.5 Å². The summed E-state index contributed by atoms with van der Waals surface area (Å²) in [5.41, 5.74) is 1.20. The van der Waals surface area contributed by atoms with Crippen LogP contribution in [-0.2, 0) is 16.2 Å². The van der Waals surface area contributed by atoms with Crippen LogP contribution in [0, 0.1) is 17.3 Å². The minimum Gasteiger partial charge on any atom is -0.487 e. The summed E-state index contributed by atoms with van der Waals surface area (Å²) in [4.78, 5) is 45.1. The van der Waals surface area contributed by atoms with Gasteiger partial charge < -0.3 is 4.74 Å². The van der Waals surface area contributed by atoms with E-state index in [4.69, 9.17) is 4.74 Å². The number of halogens is 2. The molecule has 4 amide bonds. The van der Waals surface area contributed by atoms with E-state index in [2.05, 4.69) is 45.2 Å². The Labute approximate surface area is 191 Å². The number of hydrogen-bond donors (Lipinski definition) is 2. The van der Waals surface area contributed by atoms with Crippen LogP contribution in [0.3, 0.4) is 0 Å². The molecule has 1 aliphatic heterocycles. The quantitative estimate of drug-likeness (QED) is 0.174. The number of nitrogens with one attached hydrogen (secondary N) is 2. The third-order valence-corrected chi connectivity index (χ3v) is 5.41. The predicted molar refractivity (Wildman–Crippen MR) is 119 cm³/mol. The van der Waals surface area contributed by atoms with E-state index in [0.29, 0.717) is 11.3 Å². The number of nitrogens with zero attached hydrogens (tertiary/aromatic N) is 1. The van der Waals surface area contributed by atoms with Crippen molar-refractivity contribution in [3.63, 3.8) is 0 Å².